The number of hydrogen-bond donors (Lipinski definition) is 1. The van der Waals surface area contributed by atoms with Crippen molar-refractivity contribution in [3.05, 3.63) is 41.4 Å². The second-order valence-electron chi connectivity index (χ2n) is 3.86. The summed E-state index contributed by atoms with van der Waals surface area (Å²) in [6.45, 7) is 4.17. The molecule has 1 aromatic carbocycles. The first-order valence-electron chi connectivity index (χ1n) is 6.13. The van der Waals surface area contributed by atoms with E-state index in [1.165, 1.54) is 0 Å². The molecule has 2 rings (SSSR count). The van der Waals surface area contributed by atoms with Gasteiger partial charge in [0.1, 0.15) is 11.8 Å². The van der Waals surface area contributed by atoms with E-state index in [0.29, 0.717) is 12.5 Å². The van der Waals surface area contributed by atoms with Crippen LogP contribution in [-0.2, 0) is 0 Å². The Labute approximate surface area is 116 Å². The van der Waals surface area contributed by atoms with Crippen LogP contribution in [0.2, 0.25) is 0 Å². The quantitative estimate of drug-likeness (QED) is 0.667. The van der Waals surface area contributed by atoms with Gasteiger partial charge in [0.2, 0.25) is 5.69 Å². The molecule has 102 valence electrons. The van der Waals surface area contributed by atoms with Crippen LogP contribution in [0.25, 0.3) is 0 Å². The van der Waals surface area contributed by atoms with E-state index in [9.17, 15) is 0 Å². The van der Waals surface area contributed by atoms with E-state index in [-0.39, 0.29) is 11.6 Å². The summed E-state index contributed by atoms with van der Waals surface area (Å²) < 4.78 is 10.7. The van der Waals surface area contributed by atoms with Gasteiger partial charge in [0.25, 0.3) is 5.88 Å². The molecule has 2 aromatic rings. The third-order valence-corrected chi connectivity index (χ3v) is 2.43. The Hall–Kier alpha value is -2.81. The minimum Gasteiger partial charge on any atom is -0.493 e. The number of para-hydroxylation sites is 1. The summed E-state index contributed by atoms with van der Waals surface area (Å²) in [7, 11) is 0. The van der Waals surface area contributed by atoms with Crippen molar-refractivity contribution in [2.24, 2.45) is 5.10 Å². The van der Waals surface area contributed by atoms with Gasteiger partial charge in [-0.25, -0.2) is 10.4 Å². The highest BCUT2D eigenvalue weighted by molar-refractivity contribution is 5.83. The number of nitrogens with one attached hydrogen (secondary N) is 1. The molecule has 0 amide bonds. The van der Waals surface area contributed by atoms with Gasteiger partial charge in [0.05, 0.1) is 12.8 Å². The van der Waals surface area contributed by atoms with E-state index >= 15 is 0 Å². The van der Waals surface area contributed by atoms with E-state index < -0.39 is 0 Å². The molecule has 1 heterocycles. The smallest absolute Gasteiger partial charge is 0.252 e. The average molecular weight is 270 g/mol. The summed E-state index contributed by atoms with van der Waals surface area (Å²) in [5.41, 5.74) is 3.67. The number of nitrogens with zero attached hydrogens (tertiary/aromatic N) is 3. The number of rotatable bonds is 5. The minimum atomic E-state index is 0.178. The molecule has 0 fully saturated rings. The molecule has 1 aromatic heterocycles. The fourth-order valence-electron chi connectivity index (χ4n) is 1.61. The Balaban J connectivity index is 2.12. The molecule has 0 aliphatic rings. The maximum absolute atomic E-state index is 8.88. The van der Waals surface area contributed by atoms with Crippen LogP contribution < -0.4 is 10.2 Å². The predicted octanol–water partition coefficient (Wildman–Crippen LogP) is 2.70. The highest BCUT2D eigenvalue weighted by Gasteiger charge is 2.08. The molecule has 0 radical (unpaired) electrons. The molecule has 0 saturated heterocycles. The number of ether oxygens (including phenoxy) is 1. The molecule has 1 N–H and O–H groups in total. The van der Waals surface area contributed by atoms with Crippen LogP contribution in [-0.4, -0.2) is 17.8 Å². The fraction of sp³-hybridized carbons (Fsp3) is 0.214. The number of aromatic nitrogens is 1. The van der Waals surface area contributed by atoms with Crippen LogP contribution in [0.15, 0.2) is 33.8 Å². The largest absolute Gasteiger partial charge is 0.493 e. The second-order valence-corrected chi connectivity index (χ2v) is 3.86. The third kappa shape index (κ3) is 3.14. The number of benzene rings is 1. The maximum Gasteiger partial charge on any atom is 0.252 e. The monoisotopic (exact) mass is 270 g/mol. The van der Waals surface area contributed by atoms with Crippen LogP contribution in [0.1, 0.15) is 24.1 Å². The molecule has 0 aliphatic heterocycles. The van der Waals surface area contributed by atoms with Gasteiger partial charge in [-0.15, -0.1) is 0 Å². The Morgan fingerprint density at radius 3 is 3.05 bits per heavy atom. The summed E-state index contributed by atoms with van der Waals surface area (Å²) in [5.74, 6) is 1.39. The van der Waals surface area contributed by atoms with Gasteiger partial charge in [-0.3, -0.25) is 0 Å². The van der Waals surface area contributed by atoms with Crippen LogP contribution in [0, 0.1) is 18.3 Å². The lowest BCUT2D eigenvalue weighted by atomic mass is 10.2. The first-order chi connectivity index (χ1) is 9.74. The van der Waals surface area contributed by atoms with Crippen molar-refractivity contribution in [2.45, 2.75) is 13.8 Å². The zero-order valence-electron chi connectivity index (χ0n) is 11.3. The SMILES string of the molecule is CCOc1ccccc1/C=N/Nc1oc(C)nc1C#N. The van der Waals surface area contributed by atoms with E-state index in [0.717, 1.165) is 11.3 Å². The highest BCUT2D eigenvalue weighted by Crippen LogP contribution is 2.17. The van der Waals surface area contributed by atoms with Gasteiger partial charge in [-0.1, -0.05) is 12.1 Å². The molecule has 6 nitrogen and oxygen atoms in total. The molecule has 6 heteroatoms. The standard InChI is InChI=1S/C14H14N4O2/c1-3-19-13-7-5-4-6-11(13)9-16-18-14-12(8-15)17-10(2)20-14/h4-7,9,18H,3H2,1-2H3/b16-9+. The van der Waals surface area contributed by atoms with E-state index in [1.54, 1.807) is 13.1 Å². The molecule has 0 saturated carbocycles. The van der Waals surface area contributed by atoms with Gasteiger partial charge >= 0.3 is 0 Å². The zero-order valence-corrected chi connectivity index (χ0v) is 11.3. The Bertz CT molecular complexity index is 655. The first-order valence-corrected chi connectivity index (χ1v) is 6.13. The lowest BCUT2D eigenvalue weighted by molar-refractivity contribution is 0.340. The third-order valence-electron chi connectivity index (χ3n) is 2.43. The van der Waals surface area contributed by atoms with Gasteiger partial charge in [0, 0.05) is 12.5 Å². The number of hydrogen-bond acceptors (Lipinski definition) is 6. The normalized spacial score (nSPS) is 10.4. The van der Waals surface area contributed by atoms with Crippen molar-refractivity contribution in [1.82, 2.24) is 4.98 Å². The summed E-state index contributed by atoms with van der Waals surface area (Å²) in [5, 5.41) is 12.9. The number of hydrazone groups is 1. The Morgan fingerprint density at radius 1 is 1.50 bits per heavy atom. The second kappa shape index (κ2) is 6.38. The van der Waals surface area contributed by atoms with Crippen molar-refractivity contribution < 1.29 is 9.15 Å². The fourth-order valence-corrected chi connectivity index (χ4v) is 1.61. The lowest BCUT2D eigenvalue weighted by Gasteiger charge is -2.05. The van der Waals surface area contributed by atoms with E-state index in [2.05, 4.69) is 15.5 Å². The van der Waals surface area contributed by atoms with Crippen molar-refractivity contribution in [2.75, 3.05) is 12.0 Å². The van der Waals surface area contributed by atoms with Gasteiger partial charge in [0.15, 0.2) is 5.89 Å². The van der Waals surface area contributed by atoms with Gasteiger partial charge in [-0.2, -0.15) is 10.4 Å². The van der Waals surface area contributed by atoms with Gasteiger partial charge in [-0.05, 0) is 19.1 Å². The molecule has 0 aliphatic carbocycles. The zero-order chi connectivity index (χ0) is 14.4. The van der Waals surface area contributed by atoms with Crippen LogP contribution in [0.3, 0.4) is 0 Å². The van der Waals surface area contributed by atoms with E-state index in [1.807, 2.05) is 37.3 Å². The van der Waals surface area contributed by atoms with Crippen molar-refractivity contribution in [3.8, 4) is 11.8 Å². The average Bonchev–Trinajstić information content (AvgIpc) is 2.81. The predicted molar refractivity (Wildman–Crippen MR) is 74.8 cm³/mol. The van der Waals surface area contributed by atoms with Crippen molar-refractivity contribution in [1.29, 1.82) is 5.26 Å². The Kier molecular flexibility index (Phi) is 4.35. The minimum absolute atomic E-state index is 0.178. The topological polar surface area (TPSA) is 83.4 Å². The highest BCUT2D eigenvalue weighted by atomic mass is 16.5. The Morgan fingerprint density at radius 2 is 2.30 bits per heavy atom. The summed E-state index contributed by atoms with van der Waals surface area (Å²) in [6, 6.07) is 9.46. The summed E-state index contributed by atoms with van der Waals surface area (Å²) >= 11 is 0. The van der Waals surface area contributed by atoms with Crippen LogP contribution in [0.5, 0.6) is 5.75 Å². The molecule has 20 heavy (non-hydrogen) atoms. The van der Waals surface area contributed by atoms with Gasteiger partial charge < -0.3 is 9.15 Å². The van der Waals surface area contributed by atoms with Crippen LogP contribution >= 0.6 is 0 Å². The first kappa shape index (κ1) is 13.6. The summed E-state index contributed by atoms with van der Waals surface area (Å²) in [6.07, 6.45) is 1.60. The molecule has 0 unspecified atom stereocenters. The van der Waals surface area contributed by atoms with Crippen LogP contribution in [0.4, 0.5) is 5.88 Å². The summed E-state index contributed by atoms with van der Waals surface area (Å²) in [4.78, 5) is 3.91. The molecule has 0 bridgehead atoms. The number of oxazole rings is 1. The molecule has 0 spiro atoms. The van der Waals surface area contributed by atoms with Crippen molar-refractivity contribution >= 4 is 12.1 Å². The number of anilines is 1. The van der Waals surface area contributed by atoms with E-state index in [4.69, 9.17) is 14.4 Å². The van der Waals surface area contributed by atoms with Crippen molar-refractivity contribution in [3.63, 3.8) is 0 Å². The molecular weight excluding hydrogens is 256 g/mol. The molecular formula is C14H14N4O2. The number of aryl methyl sites for hydroxylation is 1. The lowest BCUT2D eigenvalue weighted by Crippen LogP contribution is -1.97. The molecule has 0 atom stereocenters. The maximum atomic E-state index is 8.88. The number of nitriles is 1.